The SMILES string of the molecule is Bc1ccc(Cl)nc1OC. The normalized spacial score (nSPS) is 9.40. The van der Waals surface area contributed by atoms with Crippen molar-refractivity contribution in [1.82, 2.24) is 4.98 Å². The standard InChI is InChI=1S/C6H7BClNO/c1-10-6-4(7)2-3-5(8)9-6/h2-3H,7H2,1H3. The molecule has 0 saturated carbocycles. The monoisotopic (exact) mass is 155 g/mol. The molecule has 0 spiro atoms. The summed E-state index contributed by atoms with van der Waals surface area (Å²) in [7, 11) is 3.49. The van der Waals surface area contributed by atoms with Crippen LogP contribution in [-0.2, 0) is 0 Å². The maximum absolute atomic E-state index is 5.60. The number of methoxy groups -OCH3 is 1. The average molecular weight is 155 g/mol. The molecule has 0 saturated heterocycles. The predicted octanol–water partition coefficient (Wildman–Crippen LogP) is 0.00200. The first kappa shape index (κ1) is 7.41. The van der Waals surface area contributed by atoms with Gasteiger partial charge in [-0.25, -0.2) is 4.98 Å². The Kier molecular flexibility index (Phi) is 2.17. The summed E-state index contributed by atoms with van der Waals surface area (Å²) in [4.78, 5) is 3.93. The van der Waals surface area contributed by atoms with Crippen molar-refractivity contribution in [2.24, 2.45) is 0 Å². The van der Waals surface area contributed by atoms with Crippen LogP contribution in [0.25, 0.3) is 0 Å². The van der Waals surface area contributed by atoms with Gasteiger partial charge in [-0.2, -0.15) is 0 Å². The Bertz CT molecular complexity index is 241. The smallest absolute Gasteiger partial charge is 0.207 e. The maximum atomic E-state index is 5.60. The van der Waals surface area contributed by atoms with Crippen molar-refractivity contribution in [2.45, 2.75) is 0 Å². The quantitative estimate of drug-likeness (QED) is 0.421. The van der Waals surface area contributed by atoms with Gasteiger partial charge in [-0.3, -0.25) is 0 Å². The zero-order chi connectivity index (χ0) is 7.56. The Labute approximate surface area is 65.6 Å². The van der Waals surface area contributed by atoms with E-state index in [4.69, 9.17) is 16.3 Å². The van der Waals surface area contributed by atoms with Crippen LogP contribution in [0.2, 0.25) is 5.15 Å². The number of nitrogens with zero attached hydrogens (tertiary/aromatic N) is 1. The van der Waals surface area contributed by atoms with E-state index in [1.807, 2.05) is 13.9 Å². The highest BCUT2D eigenvalue weighted by atomic mass is 35.5. The van der Waals surface area contributed by atoms with Crippen molar-refractivity contribution in [3.63, 3.8) is 0 Å². The van der Waals surface area contributed by atoms with Gasteiger partial charge in [0.25, 0.3) is 0 Å². The van der Waals surface area contributed by atoms with Gasteiger partial charge in [-0.05, 0) is 11.5 Å². The van der Waals surface area contributed by atoms with E-state index >= 15 is 0 Å². The van der Waals surface area contributed by atoms with Gasteiger partial charge in [0.2, 0.25) is 5.88 Å². The summed E-state index contributed by atoms with van der Waals surface area (Å²) in [5, 5.41) is 0.461. The van der Waals surface area contributed by atoms with Gasteiger partial charge in [0.15, 0.2) is 0 Å². The number of aromatic nitrogens is 1. The molecule has 0 aliphatic rings. The van der Waals surface area contributed by atoms with Crippen LogP contribution in [0.1, 0.15) is 0 Å². The highest BCUT2D eigenvalue weighted by Crippen LogP contribution is 2.07. The number of ether oxygens (including phenoxy) is 1. The molecule has 0 N–H and O–H groups in total. The fraction of sp³-hybridized carbons (Fsp3) is 0.167. The Morgan fingerprint density at radius 3 is 2.80 bits per heavy atom. The largest absolute Gasteiger partial charge is 0.481 e. The van der Waals surface area contributed by atoms with Crippen LogP contribution in [0.4, 0.5) is 0 Å². The zero-order valence-electron chi connectivity index (χ0n) is 5.89. The molecule has 0 radical (unpaired) electrons. The van der Waals surface area contributed by atoms with Crippen molar-refractivity contribution in [3.8, 4) is 5.88 Å². The number of rotatable bonds is 1. The Morgan fingerprint density at radius 1 is 1.60 bits per heavy atom. The molecule has 2 nitrogen and oxygen atoms in total. The van der Waals surface area contributed by atoms with Gasteiger partial charge in [-0.15, -0.1) is 0 Å². The van der Waals surface area contributed by atoms with Crippen LogP contribution in [0, 0.1) is 0 Å². The van der Waals surface area contributed by atoms with Crippen LogP contribution in [-0.4, -0.2) is 19.9 Å². The highest BCUT2D eigenvalue weighted by Gasteiger charge is 1.98. The lowest BCUT2D eigenvalue weighted by atomic mass is 9.98. The molecule has 1 rings (SSSR count). The van der Waals surface area contributed by atoms with E-state index in [-0.39, 0.29) is 0 Å². The first-order valence-electron chi connectivity index (χ1n) is 2.91. The van der Waals surface area contributed by atoms with Crippen LogP contribution in [0.3, 0.4) is 0 Å². The van der Waals surface area contributed by atoms with Gasteiger partial charge in [0.1, 0.15) is 13.0 Å². The number of hydrogen-bond acceptors (Lipinski definition) is 2. The van der Waals surface area contributed by atoms with Crippen LogP contribution in [0.15, 0.2) is 12.1 Å². The van der Waals surface area contributed by atoms with Crippen molar-refractivity contribution >= 4 is 24.9 Å². The summed E-state index contributed by atoms with van der Waals surface area (Å²) in [5.74, 6) is 0.590. The minimum atomic E-state index is 0.461. The van der Waals surface area contributed by atoms with Gasteiger partial charge >= 0.3 is 0 Å². The summed E-state index contributed by atoms with van der Waals surface area (Å²) in [6.45, 7) is 0. The molecule has 0 unspecified atom stereocenters. The first-order valence-corrected chi connectivity index (χ1v) is 3.29. The van der Waals surface area contributed by atoms with Crippen LogP contribution < -0.4 is 10.2 Å². The van der Waals surface area contributed by atoms with Crippen LogP contribution >= 0.6 is 11.6 Å². The summed E-state index contributed by atoms with van der Waals surface area (Å²) in [6.07, 6.45) is 0. The fourth-order valence-electron chi connectivity index (χ4n) is 0.694. The molecule has 0 atom stereocenters. The second-order valence-corrected chi connectivity index (χ2v) is 2.35. The van der Waals surface area contributed by atoms with Crippen LogP contribution in [0.5, 0.6) is 5.88 Å². The zero-order valence-corrected chi connectivity index (χ0v) is 6.64. The highest BCUT2D eigenvalue weighted by molar-refractivity contribution is 6.35. The third-order valence-corrected chi connectivity index (χ3v) is 1.42. The summed E-state index contributed by atoms with van der Waals surface area (Å²) in [5.41, 5.74) is 0.993. The van der Waals surface area contributed by atoms with Crippen molar-refractivity contribution in [3.05, 3.63) is 17.3 Å². The molecule has 4 heteroatoms. The molecule has 1 aromatic heterocycles. The topological polar surface area (TPSA) is 22.1 Å². The summed E-state index contributed by atoms with van der Waals surface area (Å²) in [6, 6.07) is 3.60. The van der Waals surface area contributed by atoms with Gasteiger partial charge in [0.05, 0.1) is 7.11 Å². The molecule has 0 fully saturated rings. The third-order valence-electron chi connectivity index (χ3n) is 1.21. The second-order valence-electron chi connectivity index (χ2n) is 1.96. The van der Waals surface area contributed by atoms with E-state index in [0.29, 0.717) is 11.0 Å². The minimum Gasteiger partial charge on any atom is -0.481 e. The van der Waals surface area contributed by atoms with E-state index in [9.17, 15) is 0 Å². The Morgan fingerprint density at radius 2 is 2.30 bits per heavy atom. The van der Waals surface area contributed by atoms with E-state index in [1.165, 1.54) is 0 Å². The molecule has 0 aliphatic heterocycles. The molecule has 0 bridgehead atoms. The summed E-state index contributed by atoms with van der Waals surface area (Å²) >= 11 is 5.60. The van der Waals surface area contributed by atoms with Crippen molar-refractivity contribution < 1.29 is 4.74 Å². The number of halogens is 1. The third kappa shape index (κ3) is 1.42. The van der Waals surface area contributed by atoms with Gasteiger partial charge in [0, 0.05) is 0 Å². The van der Waals surface area contributed by atoms with E-state index in [0.717, 1.165) is 5.46 Å². The predicted molar refractivity (Wildman–Crippen MR) is 44.0 cm³/mol. The Hall–Kier alpha value is -0.695. The summed E-state index contributed by atoms with van der Waals surface area (Å²) < 4.78 is 4.93. The lowest BCUT2D eigenvalue weighted by Gasteiger charge is -2.01. The van der Waals surface area contributed by atoms with E-state index < -0.39 is 0 Å². The maximum Gasteiger partial charge on any atom is 0.207 e. The molecular weight excluding hydrogens is 148 g/mol. The molecule has 52 valence electrons. The van der Waals surface area contributed by atoms with Gasteiger partial charge < -0.3 is 4.74 Å². The lowest BCUT2D eigenvalue weighted by Crippen LogP contribution is -2.08. The van der Waals surface area contributed by atoms with E-state index in [1.54, 1.807) is 13.2 Å². The van der Waals surface area contributed by atoms with Gasteiger partial charge in [-0.1, -0.05) is 17.7 Å². The molecule has 1 heterocycles. The first-order chi connectivity index (χ1) is 4.74. The molecule has 0 aromatic carbocycles. The lowest BCUT2D eigenvalue weighted by molar-refractivity contribution is 0.401. The second kappa shape index (κ2) is 2.93. The molecule has 10 heavy (non-hydrogen) atoms. The average Bonchev–Trinajstić information content (AvgIpc) is 1.94. The molecular formula is C6H7BClNO. The molecule has 0 amide bonds. The minimum absolute atomic E-state index is 0.461. The number of hydrogen-bond donors (Lipinski definition) is 0. The van der Waals surface area contributed by atoms with E-state index in [2.05, 4.69) is 4.98 Å². The van der Waals surface area contributed by atoms with Crippen molar-refractivity contribution in [1.29, 1.82) is 0 Å². The Balaban J connectivity index is 3.09. The molecule has 0 aliphatic carbocycles. The van der Waals surface area contributed by atoms with Crippen molar-refractivity contribution in [2.75, 3.05) is 7.11 Å². The molecule has 1 aromatic rings. The number of pyridine rings is 1. The fourth-order valence-corrected chi connectivity index (χ4v) is 0.834.